The van der Waals surface area contributed by atoms with E-state index in [1.807, 2.05) is 0 Å². The summed E-state index contributed by atoms with van der Waals surface area (Å²) in [6.07, 6.45) is -0.608. The van der Waals surface area contributed by atoms with Crippen molar-refractivity contribution in [2.45, 2.75) is 43.9 Å². The van der Waals surface area contributed by atoms with E-state index in [0.717, 1.165) is 11.1 Å². The number of hydrogen-bond acceptors (Lipinski definition) is 10. The first-order valence-electron chi connectivity index (χ1n) is 11.5. The summed E-state index contributed by atoms with van der Waals surface area (Å²) in [4.78, 5) is 25.3. The van der Waals surface area contributed by atoms with Crippen LogP contribution in [0.15, 0.2) is 88.9 Å². The Hall–Kier alpha value is -4.16. The second kappa shape index (κ2) is 10.5. The maximum absolute atomic E-state index is 12.9. The Labute approximate surface area is 224 Å². The van der Waals surface area contributed by atoms with Crippen LogP contribution in [0.1, 0.15) is 33.8 Å². The molecule has 0 fully saturated rings. The Kier molecular flexibility index (Phi) is 7.53. The molecule has 2 aromatic carbocycles. The summed E-state index contributed by atoms with van der Waals surface area (Å²) in [5, 5.41) is 0. The maximum Gasteiger partial charge on any atom is 0.343 e. The Bertz CT molecular complexity index is 1730. The van der Waals surface area contributed by atoms with Crippen molar-refractivity contribution in [1.29, 1.82) is 0 Å². The van der Waals surface area contributed by atoms with E-state index in [9.17, 15) is 26.4 Å². The minimum Gasteiger partial charge on any atom is -0.428 e. The van der Waals surface area contributed by atoms with Crippen LogP contribution in [-0.2, 0) is 26.7 Å². The maximum atomic E-state index is 12.9. The van der Waals surface area contributed by atoms with Gasteiger partial charge in [-0.05, 0) is 52.0 Å². The molecule has 0 aliphatic heterocycles. The quantitative estimate of drug-likeness (QED) is 0.284. The second-order valence-corrected chi connectivity index (χ2v) is 11.9. The lowest BCUT2D eigenvalue weighted by Crippen LogP contribution is -2.20. The molecule has 0 aliphatic carbocycles. The van der Waals surface area contributed by atoms with Crippen LogP contribution in [0.25, 0.3) is 0 Å². The minimum atomic E-state index is -4.38. The van der Waals surface area contributed by atoms with E-state index in [2.05, 4.69) is 0 Å². The highest BCUT2D eigenvalue weighted by molar-refractivity contribution is 7.87. The first kappa shape index (κ1) is 27.9. The second-order valence-electron chi connectivity index (χ2n) is 8.85. The van der Waals surface area contributed by atoms with Crippen molar-refractivity contribution in [2.24, 2.45) is 0 Å². The third kappa shape index (κ3) is 6.29. The Morgan fingerprint density at radius 3 is 1.26 bits per heavy atom. The molecule has 0 saturated carbocycles. The zero-order valence-corrected chi connectivity index (χ0v) is 23.0. The fraction of sp³-hybridized carbons (Fsp3) is 0.185. The van der Waals surface area contributed by atoms with Gasteiger partial charge in [0.1, 0.15) is 21.3 Å². The molecule has 0 N–H and O–H groups in total. The molecule has 204 valence electrons. The van der Waals surface area contributed by atoms with Gasteiger partial charge in [-0.3, -0.25) is 0 Å². The van der Waals surface area contributed by atoms with Crippen LogP contribution in [0.4, 0.5) is 0 Å². The van der Waals surface area contributed by atoms with Crippen molar-refractivity contribution < 1.29 is 34.0 Å². The molecule has 0 atom stereocenters. The van der Waals surface area contributed by atoms with Crippen LogP contribution in [0.3, 0.4) is 0 Å². The van der Waals surface area contributed by atoms with Crippen molar-refractivity contribution in [2.75, 3.05) is 0 Å². The highest BCUT2D eigenvalue weighted by Gasteiger charge is 2.26. The lowest BCUT2D eigenvalue weighted by molar-refractivity contribution is 0.436. The molecular formula is C27H24O10S2. The van der Waals surface area contributed by atoms with E-state index in [1.54, 1.807) is 38.1 Å². The molecule has 4 rings (SSSR count). The van der Waals surface area contributed by atoms with Crippen molar-refractivity contribution in [1.82, 2.24) is 0 Å². The van der Waals surface area contributed by atoms with Gasteiger partial charge in [-0.2, -0.15) is 16.8 Å². The van der Waals surface area contributed by atoms with Crippen LogP contribution in [0, 0.1) is 27.7 Å². The molecular weight excluding hydrogens is 548 g/mol. The topological polar surface area (TPSA) is 147 Å². The summed E-state index contributed by atoms with van der Waals surface area (Å²) < 4.78 is 72.6. The van der Waals surface area contributed by atoms with Crippen LogP contribution in [-0.4, -0.2) is 16.8 Å². The van der Waals surface area contributed by atoms with Crippen LogP contribution in [0.5, 0.6) is 11.5 Å². The third-order valence-electron chi connectivity index (χ3n) is 5.64. The number of hydrogen-bond donors (Lipinski definition) is 0. The predicted molar refractivity (Wildman–Crippen MR) is 140 cm³/mol. The molecule has 0 saturated heterocycles. The average Bonchev–Trinajstić information content (AvgIpc) is 2.82. The van der Waals surface area contributed by atoms with Gasteiger partial charge in [0.15, 0.2) is 11.5 Å². The first-order chi connectivity index (χ1) is 18.2. The van der Waals surface area contributed by atoms with Gasteiger partial charge in [-0.15, -0.1) is 0 Å². The molecule has 4 aromatic rings. The SMILES string of the molecule is Cc1ccc(S(=O)(=O)Oc2cc(C)oc(=O)c2Cc2c(OS(=O)(=O)c3ccc(C)cc3)cc(C)oc2=O)cc1. The van der Waals surface area contributed by atoms with Crippen LogP contribution >= 0.6 is 0 Å². The molecule has 0 unspecified atom stereocenters. The normalized spacial score (nSPS) is 11.8. The summed E-state index contributed by atoms with van der Waals surface area (Å²) >= 11 is 0. The van der Waals surface area contributed by atoms with Gasteiger partial charge in [-0.1, -0.05) is 35.4 Å². The Morgan fingerprint density at radius 1 is 0.590 bits per heavy atom. The predicted octanol–water partition coefficient (Wildman–Crippen LogP) is 3.95. The van der Waals surface area contributed by atoms with Crippen molar-refractivity contribution in [3.63, 3.8) is 0 Å². The van der Waals surface area contributed by atoms with E-state index in [0.29, 0.717) is 0 Å². The van der Waals surface area contributed by atoms with E-state index in [-0.39, 0.29) is 32.4 Å². The lowest BCUT2D eigenvalue weighted by atomic mass is 10.1. The average molecular weight is 573 g/mol. The highest BCUT2D eigenvalue weighted by atomic mass is 32.2. The van der Waals surface area contributed by atoms with Crippen LogP contribution < -0.4 is 19.6 Å². The Morgan fingerprint density at radius 2 is 0.923 bits per heavy atom. The van der Waals surface area contributed by atoms with Gasteiger partial charge >= 0.3 is 31.5 Å². The molecule has 0 amide bonds. The number of benzene rings is 2. The molecule has 2 heterocycles. The molecule has 2 aromatic heterocycles. The van der Waals surface area contributed by atoms with Gasteiger partial charge in [0.2, 0.25) is 0 Å². The monoisotopic (exact) mass is 572 g/mol. The van der Waals surface area contributed by atoms with Gasteiger partial charge in [0, 0.05) is 18.6 Å². The fourth-order valence-electron chi connectivity index (χ4n) is 3.61. The lowest BCUT2D eigenvalue weighted by Gasteiger charge is -2.14. The molecule has 39 heavy (non-hydrogen) atoms. The first-order valence-corrected chi connectivity index (χ1v) is 14.4. The summed E-state index contributed by atoms with van der Waals surface area (Å²) in [6, 6.07) is 14.1. The highest BCUT2D eigenvalue weighted by Crippen LogP contribution is 2.29. The van der Waals surface area contributed by atoms with Gasteiger partial charge in [-0.25, -0.2) is 9.59 Å². The standard InChI is InChI=1S/C27H24O10S2/c1-16-5-9-20(10-6-16)38(30,31)36-24-13-18(3)34-26(28)22(24)15-23-25(14-19(4)35-27(23)29)37-39(32,33)21-11-7-17(2)8-12-21/h5-14H,15H2,1-4H3. The van der Waals surface area contributed by atoms with E-state index >= 15 is 0 Å². The number of rotatable bonds is 8. The van der Waals surface area contributed by atoms with E-state index in [1.165, 1.54) is 50.2 Å². The summed E-state index contributed by atoms with van der Waals surface area (Å²) in [5.41, 5.74) is -1.04. The van der Waals surface area contributed by atoms with E-state index in [4.69, 9.17) is 17.2 Å². The molecule has 0 spiro atoms. The largest absolute Gasteiger partial charge is 0.428 e. The molecule has 0 radical (unpaired) electrons. The van der Waals surface area contributed by atoms with Crippen molar-refractivity contribution >= 4 is 20.2 Å². The van der Waals surface area contributed by atoms with Gasteiger partial charge in [0.05, 0.1) is 11.1 Å². The van der Waals surface area contributed by atoms with Gasteiger partial charge < -0.3 is 17.2 Å². The minimum absolute atomic E-state index is 0.0484. The van der Waals surface area contributed by atoms with Gasteiger partial charge in [0.25, 0.3) is 0 Å². The smallest absolute Gasteiger partial charge is 0.343 e. The van der Waals surface area contributed by atoms with Crippen molar-refractivity contribution in [3.05, 3.63) is 115 Å². The van der Waals surface area contributed by atoms with E-state index < -0.39 is 49.4 Å². The fourth-order valence-corrected chi connectivity index (χ4v) is 5.51. The summed E-state index contributed by atoms with van der Waals surface area (Å²) in [5.74, 6) is -0.687. The van der Waals surface area contributed by atoms with Crippen LogP contribution in [0.2, 0.25) is 0 Å². The summed E-state index contributed by atoms with van der Waals surface area (Å²) in [7, 11) is -8.77. The Balaban J connectivity index is 1.78. The third-order valence-corrected chi connectivity index (χ3v) is 8.13. The molecule has 10 nitrogen and oxygen atoms in total. The van der Waals surface area contributed by atoms with Crippen molar-refractivity contribution in [3.8, 4) is 11.5 Å². The molecule has 0 bridgehead atoms. The molecule has 12 heteroatoms. The summed E-state index contributed by atoms with van der Waals surface area (Å²) in [6.45, 7) is 6.40. The zero-order chi connectivity index (χ0) is 28.5. The zero-order valence-electron chi connectivity index (χ0n) is 21.4. The molecule has 0 aliphatic rings. The number of aryl methyl sites for hydroxylation is 4.